The maximum Gasteiger partial charge on any atom is 0.251 e. The highest BCUT2D eigenvalue weighted by atomic mass is 32.1. The number of pyridine rings is 1. The van der Waals surface area contributed by atoms with Gasteiger partial charge in [-0.1, -0.05) is 6.07 Å². The van der Waals surface area contributed by atoms with Gasteiger partial charge in [0.05, 0.1) is 0 Å². The van der Waals surface area contributed by atoms with Gasteiger partial charge in [0.1, 0.15) is 12.1 Å². The van der Waals surface area contributed by atoms with Crippen molar-refractivity contribution in [2.45, 2.75) is 37.4 Å². The molecule has 2 aliphatic heterocycles. The van der Waals surface area contributed by atoms with E-state index in [4.69, 9.17) is 0 Å². The Morgan fingerprint density at radius 3 is 2.85 bits per heavy atom. The van der Waals surface area contributed by atoms with Crippen LogP contribution in [-0.2, 0) is 16.0 Å². The Bertz CT molecular complexity index is 840. The quantitative estimate of drug-likeness (QED) is 0.822. The Morgan fingerprint density at radius 1 is 1.30 bits per heavy atom. The van der Waals surface area contributed by atoms with E-state index in [9.17, 15) is 14.4 Å². The van der Waals surface area contributed by atoms with Crippen LogP contribution in [0.25, 0.3) is 0 Å². The van der Waals surface area contributed by atoms with Gasteiger partial charge in [-0.05, 0) is 36.4 Å². The zero-order valence-corrected chi connectivity index (χ0v) is 15.4. The molecule has 0 saturated carbocycles. The summed E-state index contributed by atoms with van der Waals surface area (Å²) in [7, 11) is 0. The van der Waals surface area contributed by atoms with Gasteiger partial charge in [-0.2, -0.15) is 0 Å². The lowest BCUT2D eigenvalue weighted by Crippen LogP contribution is -2.67. The van der Waals surface area contributed by atoms with Gasteiger partial charge in [-0.15, -0.1) is 11.3 Å². The van der Waals surface area contributed by atoms with Gasteiger partial charge in [0, 0.05) is 41.8 Å². The van der Waals surface area contributed by atoms with Crippen LogP contribution in [0.1, 0.15) is 28.1 Å². The van der Waals surface area contributed by atoms with Crippen LogP contribution in [0.5, 0.6) is 0 Å². The van der Waals surface area contributed by atoms with E-state index in [-0.39, 0.29) is 23.8 Å². The van der Waals surface area contributed by atoms with Crippen molar-refractivity contribution in [3.8, 4) is 0 Å². The average Bonchev–Trinajstić information content (AvgIpc) is 3.20. The summed E-state index contributed by atoms with van der Waals surface area (Å²) >= 11 is 1.58. The summed E-state index contributed by atoms with van der Waals surface area (Å²) in [5.74, 6) is -0.361. The second kappa shape index (κ2) is 7.48. The van der Waals surface area contributed by atoms with Crippen LogP contribution in [0.3, 0.4) is 0 Å². The Morgan fingerprint density at radius 2 is 2.11 bits per heavy atom. The molecule has 2 N–H and O–H groups in total. The SMILES string of the molecule is O=C(NC1CCN2C(=O)C(Cc3cccs3)NC(=O)C2C1)c1ccncc1. The molecule has 0 aliphatic carbocycles. The summed E-state index contributed by atoms with van der Waals surface area (Å²) in [5, 5.41) is 7.80. The molecule has 2 aromatic heterocycles. The number of hydrogen-bond acceptors (Lipinski definition) is 5. The number of piperazine rings is 1. The normalized spacial score (nSPS) is 24.9. The molecule has 4 heterocycles. The first-order valence-electron chi connectivity index (χ1n) is 8.96. The second-order valence-corrected chi connectivity index (χ2v) is 7.85. The average molecular weight is 384 g/mol. The van der Waals surface area contributed by atoms with Crippen LogP contribution in [-0.4, -0.2) is 52.3 Å². The van der Waals surface area contributed by atoms with Gasteiger partial charge in [-0.25, -0.2) is 0 Å². The van der Waals surface area contributed by atoms with Crippen LogP contribution >= 0.6 is 11.3 Å². The minimum Gasteiger partial charge on any atom is -0.349 e. The van der Waals surface area contributed by atoms with Crippen LogP contribution in [0.4, 0.5) is 0 Å². The zero-order chi connectivity index (χ0) is 18.8. The minimum atomic E-state index is -0.520. The molecule has 7 nitrogen and oxygen atoms in total. The molecule has 27 heavy (non-hydrogen) atoms. The first kappa shape index (κ1) is 17.7. The Labute approximate surface area is 160 Å². The summed E-state index contributed by atoms with van der Waals surface area (Å²) in [6.45, 7) is 0.471. The van der Waals surface area contributed by atoms with Gasteiger partial charge < -0.3 is 15.5 Å². The van der Waals surface area contributed by atoms with Crippen molar-refractivity contribution in [1.82, 2.24) is 20.5 Å². The van der Waals surface area contributed by atoms with Gasteiger partial charge >= 0.3 is 0 Å². The Kier molecular flexibility index (Phi) is 4.89. The van der Waals surface area contributed by atoms with Crippen molar-refractivity contribution in [3.05, 3.63) is 52.5 Å². The number of carbonyl (C=O) groups excluding carboxylic acids is 3. The smallest absolute Gasteiger partial charge is 0.251 e. The highest BCUT2D eigenvalue weighted by Gasteiger charge is 2.44. The monoisotopic (exact) mass is 384 g/mol. The lowest BCUT2D eigenvalue weighted by Gasteiger charge is -2.44. The molecule has 3 unspecified atom stereocenters. The van der Waals surface area contributed by atoms with Crippen molar-refractivity contribution >= 4 is 29.1 Å². The van der Waals surface area contributed by atoms with Gasteiger partial charge in [-0.3, -0.25) is 19.4 Å². The molecule has 0 spiro atoms. The van der Waals surface area contributed by atoms with Crippen molar-refractivity contribution in [2.75, 3.05) is 6.54 Å². The van der Waals surface area contributed by atoms with E-state index in [1.54, 1.807) is 40.8 Å². The lowest BCUT2D eigenvalue weighted by molar-refractivity contribution is -0.151. The maximum atomic E-state index is 12.8. The minimum absolute atomic E-state index is 0.0353. The van der Waals surface area contributed by atoms with Crippen molar-refractivity contribution in [2.24, 2.45) is 0 Å². The molecule has 0 aromatic carbocycles. The van der Waals surface area contributed by atoms with Crippen molar-refractivity contribution < 1.29 is 14.4 Å². The molecule has 0 radical (unpaired) electrons. The first-order chi connectivity index (χ1) is 13.1. The molecule has 2 aliphatic rings. The summed E-state index contributed by atoms with van der Waals surface area (Å²) in [4.78, 5) is 44.4. The van der Waals surface area contributed by atoms with Crippen LogP contribution in [0.2, 0.25) is 0 Å². The standard InChI is InChI=1S/C19H20N4O3S/c24-17(12-3-6-20-7-4-12)21-13-5-8-23-16(10-13)18(25)22-15(19(23)26)11-14-2-1-9-27-14/h1-4,6-7,9,13,15-16H,5,8,10-11H2,(H,21,24)(H,22,25). The maximum absolute atomic E-state index is 12.8. The van der Waals surface area contributed by atoms with Gasteiger partial charge in [0.15, 0.2) is 0 Å². The topological polar surface area (TPSA) is 91.4 Å². The number of nitrogens with zero attached hydrogens (tertiary/aromatic N) is 2. The van der Waals surface area contributed by atoms with Crippen molar-refractivity contribution in [1.29, 1.82) is 0 Å². The molecule has 3 atom stereocenters. The molecular weight excluding hydrogens is 364 g/mol. The number of carbonyl (C=O) groups is 3. The summed E-state index contributed by atoms with van der Waals surface area (Å²) < 4.78 is 0. The fourth-order valence-corrected chi connectivity index (χ4v) is 4.43. The number of nitrogens with one attached hydrogen (secondary N) is 2. The van der Waals surface area contributed by atoms with Gasteiger partial charge in [0.2, 0.25) is 11.8 Å². The summed E-state index contributed by atoms with van der Waals surface area (Å²) in [6, 6.07) is 6.04. The number of aromatic nitrogens is 1. The van der Waals surface area contributed by atoms with Crippen LogP contribution in [0.15, 0.2) is 42.0 Å². The molecule has 0 bridgehead atoms. The number of thiophene rings is 1. The molecular formula is C19H20N4O3S. The number of piperidine rings is 1. The number of amides is 3. The van der Waals surface area contributed by atoms with Crippen LogP contribution < -0.4 is 10.6 Å². The molecule has 4 rings (SSSR count). The van der Waals surface area contributed by atoms with E-state index < -0.39 is 12.1 Å². The molecule has 2 saturated heterocycles. The fourth-order valence-electron chi connectivity index (χ4n) is 3.68. The number of hydrogen-bond donors (Lipinski definition) is 2. The Hall–Kier alpha value is -2.74. The van der Waals surface area contributed by atoms with E-state index >= 15 is 0 Å². The Balaban J connectivity index is 1.40. The molecule has 2 aromatic rings. The number of fused-ring (bicyclic) bond motifs is 1. The third-order valence-corrected chi connectivity index (χ3v) is 5.96. The first-order valence-corrected chi connectivity index (χ1v) is 9.84. The van der Waals surface area contributed by atoms with E-state index in [2.05, 4.69) is 15.6 Å². The number of rotatable bonds is 4. The molecule has 2 fully saturated rings. The third-order valence-electron chi connectivity index (χ3n) is 5.07. The van der Waals surface area contributed by atoms with Gasteiger partial charge in [0.25, 0.3) is 5.91 Å². The lowest BCUT2D eigenvalue weighted by atomic mass is 9.92. The highest BCUT2D eigenvalue weighted by molar-refractivity contribution is 7.09. The van der Waals surface area contributed by atoms with E-state index in [1.807, 2.05) is 17.5 Å². The largest absolute Gasteiger partial charge is 0.349 e. The fraction of sp³-hybridized carbons (Fsp3) is 0.368. The van der Waals surface area contributed by atoms with E-state index in [0.717, 1.165) is 4.88 Å². The van der Waals surface area contributed by atoms with Crippen molar-refractivity contribution in [3.63, 3.8) is 0 Å². The predicted octanol–water partition coefficient (Wildman–Crippen LogP) is 0.974. The second-order valence-electron chi connectivity index (χ2n) is 6.82. The third kappa shape index (κ3) is 3.71. The van der Waals surface area contributed by atoms with E-state index in [0.29, 0.717) is 31.4 Å². The summed E-state index contributed by atoms with van der Waals surface area (Å²) in [5.41, 5.74) is 0.535. The van der Waals surface area contributed by atoms with E-state index in [1.165, 1.54) is 0 Å². The van der Waals surface area contributed by atoms with Crippen LogP contribution in [0, 0.1) is 0 Å². The zero-order valence-electron chi connectivity index (χ0n) is 14.6. The highest BCUT2D eigenvalue weighted by Crippen LogP contribution is 2.24. The summed E-state index contributed by atoms with van der Waals surface area (Å²) in [6.07, 6.45) is 4.73. The molecule has 3 amide bonds. The predicted molar refractivity (Wildman–Crippen MR) is 100 cm³/mol. The molecule has 8 heteroatoms. The molecule has 140 valence electrons.